The highest BCUT2D eigenvalue weighted by Crippen LogP contribution is 2.20. The highest BCUT2D eigenvalue weighted by molar-refractivity contribution is 5.85. The highest BCUT2D eigenvalue weighted by Gasteiger charge is 2.38. The molecule has 0 saturated carbocycles. The Kier molecular flexibility index (Phi) is 7.38. The molecule has 0 aliphatic heterocycles. The number of benzene rings is 1. The van der Waals surface area contributed by atoms with E-state index in [1.54, 1.807) is 27.7 Å². The summed E-state index contributed by atoms with van der Waals surface area (Å²) in [4.78, 5) is 24.7. The average molecular weight is 336 g/mol. The van der Waals surface area contributed by atoms with Crippen molar-refractivity contribution in [1.29, 1.82) is 0 Å². The normalized spacial score (nSPS) is 15.2. The van der Waals surface area contributed by atoms with Crippen LogP contribution in [0.5, 0.6) is 0 Å². The van der Waals surface area contributed by atoms with Crippen LogP contribution in [0.4, 0.5) is 0 Å². The Hall–Kier alpha value is -1.92. The topological polar surface area (TPSA) is 105 Å². The van der Waals surface area contributed by atoms with Crippen molar-refractivity contribution in [3.05, 3.63) is 35.9 Å². The van der Waals surface area contributed by atoms with Crippen LogP contribution in [-0.4, -0.2) is 30.1 Å². The smallest absolute Gasteiger partial charge is 0.324 e. The van der Waals surface area contributed by atoms with Gasteiger partial charge in [-0.1, -0.05) is 37.3 Å². The van der Waals surface area contributed by atoms with E-state index in [0.29, 0.717) is 0 Å². The first-order valence-electron chi connectivity index (χ1n) is 8.04. The first kappa shape index (κ1) is 20.1. The fraction of sp³-hybridized carbons (Fsp3) is 0.556. The molecule has 4 N–H and O–H groups in total. The second-order valence-electron chi connectivity index (χ2n) is 6.89. The first-order valence-corrected chi connectivity index (χ1v) is 8.04. The average Bonchev–Trinajstić information content (AvgIpc) is 2.52. The molecule has 0 aliphatic rings. The van der Waals surface area contributed by atoms with E-state index in [9.17, 15) is 9.59 Å². The van der Waals surface area contributed by atoms with Crippen LogP contribution in [-0.2, 0) is 25.7 Å². The maximum absolute atomic E-state index is 12.5. The zero-order valence-corrected chi connectivity index (χ0v) is 14.8. The van der Waals surface area contributed by atoms with Crippen LogP contribution in [0.1, 0.15) is 33.3 Å². The monoisotopic (exact) mass is 336 g/mol. The molecule has 0 bridgehead atoms. The van der Waals surface area contributed by atoms with Gasteiger partial charge >= 0.3 is 11.9 Å². The standard InChI is InChI=1S/C18H28N2O4/c1-12(10-19)14(15(20)17(22)24-18(2,3)4)16(21)23-11-13-8-6-5-7-9-13/h5-9,12,14-15H,10-11,19-20H2,1-4H3. The van der Waals surface area contributed by atoms with Gasteiger partial charge in [0.25, 0.3) is 0 Å². The summed E-state index contributed by atoms with van der Waals surface area (Å²) in [5.74, 6) is -2.34. The number of hydrogen-bond donors (Lipinski definition) is 2. The second kappa shape index (κ2) is 8.80. The zero-order chi connectivity index (χ0) is 18.3. The minimum absolute atomic E-state index is 0.120. The summed E-state index contributed by atoms with van der Waals surface area (Å²) in [6.07, 6.45) is 0. The lowest BCUT2D eigenvalue weighted by molar-refractivity contribution is -0.165. The van der Waals surface area contributed by atoms with Crippen molar-refractivity contribution in [3.63, 3.8) is 0 Å². The Morgan fingerprint density at radius 3 is 2.21 bits per heavy atom. The molecule has 0 spiro atoms. The molecule has 1 rings (SSSR count). The Bertz CT molecular complexity index is 540. The van der Waals surface area contributed by atoms with Crippen molar-refractivity contribution in [3.8, 4) is 0 Å². The number of hydrogen-bond acceptors (Lipinski definition) is 6. The molecule has 3 atom stereocenters. The Balaban J connectivity index is 2.80. The summed E-state index contributed by atoms with van der Waals surface area (Å²) in [7, 11) is 0. The maximum Gasteiger partial charge on any atom is 0.324 e. The third-order valence-electron chi connectivity index (χ3n) is 3.55. The third-order valence-corrected chi connectivity index (χ3v) is 3.55. The van der Waals surface area contributed by atoms with Gasteiger partial charge in [0.15, 0.2) is 0 Å². The van der Waals surface area contributed by atoms with Gasteiger partial charge in [0.05, 0.1) is 5.92 Å². The second-order valence-corrected chi connectivity index (χ2v) is 6.89. The van der Waals surface area contributed by atoms with Crippen LogP contribution in [0.3, 0.4) is 0 Å². The van der Waals surface area contributed by atoms with Gasteiger partial charge in [-0.3, -0.25) is 9.59 Å². The predicted molar refractivity (Wildman–Crippen MR) is 91.8 cm³/mol. The van der Waals surface area contributed by atoms with E-state index in [0.717, 1.165) is 5.56 Å². The van der Waals surface area contributed by atoms with E-state index >= 15 is 0 Å². The van der Waals surface area contributed by atoms with Crippen molar-refractivity contribution < 1.29 is 19.1 Å². The summed E-state index contributed by atoms with van der Waals surface area (Å²) in [5.41, 5.74) is 11.8. The Morgan fingerprint density at radius 1 is 1.12 bits per heavy atom. The van der Waals surface area contributed by atoms with E-state index < -0.39 is 29.5 Å². The molecule has 0 heterocycles. The van der Waals surface area contributed by atoms with E-state index in [1.807, 2.05) is 30.3 Å². The predicted octanol–water partition coefficient (Wildman–Crippen LogP) is 1.61. The fourth-order valence-corrected chi connectivity index (χ4v) is 2.22. The van der Waals surface area contributed by atoms with Crippen molar-refractivity contribution in [2.24, 2.45) is 23.3 Å². The molecule has 1 aromatic rings. The number of nitrogens with two attached hydrogens (primary N) is 2. The van der Waals surface area contributed by atoms with Gasteiger partial charge in [0.2, 0.25) is 0 Å². The third kappa shape index (κ3) is 6.29. The zero-order valence-electron chi connectivity index (χ0n) is 14.8. The summed E-state index contributed by atoms with van der Waals surface area (Å²) < 4.78 is 10.6. The van der Waals surface area contributed by atoms with E-state index in [2.05, 4.69) is 0 Å². The largest absolute Gasteiger partial charge is 0.461 e. The van der Waals surface area contributed by atoms with E-state index in [1.165, 1.54) is 0 Å². The van der Waals surface area contributed by atoms with Crippen LogP contribution >= 0.6 is 0 Å². The molecule has 6 nitrogen and oxygen atoms in total. The van der Waals surface area contributed by atoms with Crippen LogP contribution < -0.4 is 11.5 Å². The number of carbonyl (C=O) groups is 2. The maximum atomic E-state index is 12.5. The lowest BCUT2D eigenvalue weighted by Gasteiger charge is -2.28. The van der Waals surface area contributed by atoms with Crippen molar-refractivity contribution in [2.45, 2.75) is 45.9 Å². The molecule has 0 saturated heterocycles. The summed E-state index contributed by atoms with van der Waals surface area (Å²) >= 11 is 0. The summed E-state index contributed by atoms with van der Waals surface area (Å²) in [5, 5.41) is 0. The number of rotatable bonds is 7. The van der Waals surface area contributed by atoms with E-state index in [-0.39, 0.29) is 19.1 Å². The van der Waals surface area contributed by atoms with Gasteiger partial charge in [-0.25, -0.2) is 0 Å². The minimum Gasteiger partial charge on any atom is -0.461 e. The van der Waals surface area contributed by atoms with Crippen molar-refractivity contribution in [2.75, 3.05) is 6.54 Å². The molecule has 6 heteroatoms. The number of carbonyl (C=O) groups excluding carboxylic acids is 2. The fourth-order valence-electron chi connectivity index (χ4n) is 2.22. The first-order chi connectivity index (χ1) is 11.2. The lowest BCUT2D eigenvalue weighted by atomic mass is 9.87. The number of esters is 2. The molecule has 134 valence electrons. The molecule has 0 aromatic heterocycles. The van der Waals surface area contributed by atoms with Crippen molar-refractivity contribution >= 4 is 11.9 Å². The van der Waals surface area contributed by atoms with Crippen LogP contribution in [0.2, 0.25) is 0 Å². The van der Waals surface area contributed by atoms with Gasteiger partial charge in [0.1, 0.15) is 18.2 Å². The molecular formula is C18H28N2O4. The van der Waals surface area contributed by atoms with E-state index in [4.69, 9.17) is 20.9 Å². The minimum atomic E-state index is -1.12. The van der Waals surface area contributed by atoms with Crippen molar-refractivity contribution in [1.82, 2.24) is 0 Å². The van der Waals surface area contributed by atoms with Crippen LogP contribution in [0.15, 0.2) is 30.3 Å². The SMILES string of the molecule is CC(CN)C(C(=O)OCc1ccccc1)C(N)C(=O)OC(C)(C)C. The quantitative estimate of drug-likeness (QED) is 0.733. The van der Waals surface area contributed by atoms with Crippen LogP contribution in [0, 0.1) is 11.8 Å². The molecule has 0 radical (unpaired) electrons. The molecule has 3 unspecified atom stereocenters. The van der Waals surface area contributed by atoms with Gasteiger partial charge in [-0.2, -0.15) is 0 Å². The summed E-state index contributed by atoms with van der Waals surface area (Å²) in [6, 6.07) is 8.17. The Morgan fingerprint density at radius 2 is 1.71 bits per heavy atom. The molecule has 1 aromatic carbocycles. The van der Waals surface area contributed by atoms with Gasteiger partial charge in [-0.05, 0) is 38.8 Å². The lowest BCUT2D eigenvalue weighted by Crippen LogP contribution is -2.49. The van der Waals surface area contributed by atoms with Gasteiger partial charge in [-0.15, -0.1) is 0 Å². The molecule has 0 aliphatic carbocycles. The molecule has 0 amide bonds. The molecule has 0 fully saturated rings. The highest BCUT2D eigenvalue weighted by atomic mass is 16.6. The van der Waals surface area contributed by atoms with Gasteiger partial charge < -0.3 is 20.9 Å². The molecular weight excluding hydrogens is 308 g/mol. The number of ether oxygens (including phenoxy) is 2. The molecule has 24 heavy (non-hydrogen) atoms. The van der Waals surface area contributed by atoms with Gasteiger partial charge in [0, 0.05) is 0 Å². The Labute approximate surface area is 143 Å². The van der Waals surface area contributed by atoms with Crippen LogP contribution in [0.25, 0.3) is 0 Å². The summed E-state index contributed by atoms with van der Waals surface area (Å²) in [6.45, 7) is 7.32.